The van der Waals surface area contributed by atoms with Gasteiger partial charge in [0.2, 0.25) is 5.91 Å². The fourth-order valence-electron chi connectivity index (χ4n) is 3.48. The summed E-state index contributed by atoms with van der Waals surface area (Å²) in [6, 6.07) is 16.6. The Morgan fingerprint density at radius 2 is 1.93 bits per heavy atom. The molecule has 0 unspecified atom stereocenters. The van der Waals surface area contributed by atoms with E-state index in [2.05, 4.69) is 27.6 Å². The summed E-state index contributed by atoms with van der Waals surface area (Å²) in [6.45, 7) is 1.62. The van der Waals surface area contributed by atoms with Crippen LogP contribution >= 0.6 is 11.3 Å². The lowest BCUT2D eigenvalue weighted by Gasteiger charge is -2.21. The highest BCUT2D eigenvalue weighted by Crippen LogP contribution is 2.27. The van der Waals surface area contributed by atoms with E-state index in [0.717, 1.165) is 36.0 Å². The van der Waals surface area contributed by atoms with Crippen molar-refractivity contribution >= 4 is 23.2 Å². The van der Waals surface area contributed by atoms with Gasteiger partial charge in [-0.3, -0.25) is 20.0 Å². The third-order valence-corrected chi connectivity index (χ3v) is 5.73. The number of benzene rings is 1. The molecule has 2 aromatic heterocycles. The van der Waals surface area contributed by atoms with Gasteiger partial charge in [0.25, 0.3) is 5.97 Å². The molecule has 1 aliphatic heterocycles. The molecular formula is C22H26N4O3S. The Labute approximate surface area is 179 Å². The molecule has 0 aliphatic carbocycles. The molecule has 3 aromatic rings. The van der Waals surface area contributed by atoms with Crippen molar-refractivity contribution in [2.24, 2.45) is 0 Å². The summed E-state index contributed by atoms with van der Waals surface area (Å²) in [4.78, 5) is 24.7. The predicted molar refractivity (Wildman–Crippen MR) is 117 cm³/mol. The summed E-state index contributed by atoms with van der Waals surface area (Å²) in [6.07, 6.45) is 1.85. The zero-order valence-electron chi connectivity index (χ0n) is 17.0. The number of hydrogen-bond acceptors (Lipinski definition) is 5. The van der Waals surface area contributed by atoms with Crippen molar-refractivity contribution < 1.29 is 14.7 Å². The number of nitrogens with one attached hydrogen (secondary N) is 2. The molecule has 0 spiro atoms. The van der Waals surface area contributed by atoms with Crippen LogP contribution < -0.4 is 5.32 Å². The Morgan fingerprint density at radius 3 is 2.60 bits per heavy atom. The quantitative estimate of drug-likeness (QED) is 0.578. The smallest absolute Gasteiger partial charge is 0.300 e. The Bertz CT molecular complexity index is 952. The molecule has 0 saturated carbocycles. The number of rotatable bonds is 5. The first kappa shape index (κ1) is 21.7. The molecule has 3 heterocycles. The second kappa shape index (κ2) is 10.2. The minimum atomic E-state index is -0.833. The van der Waals surface area contributed by atoms with Crippen LogP contribution in [0.3, 0.4) is 0 Å². The van der Waals surface area contributed by atoms with E-state index >= 15 is 0 Å². The van der Waals surface area contributed by atoms with Gasteiger partial charge in [0.15, 0.2) is 0 Å². The summed E-state index contributed by atoms with van der Waals surface area (Å²) in [7, 11) is 1.85. The van der Waals surface area contributed by atoms with E-state index in [1.165, 1.54) is 5.56 Å². The van der Waals surface area contributed by atoms with E-state index < -0.39 is 5.97 Å². The van der Waals surface area contributed by atoms with Gasteiger partial charge in [-0.2, -0.15) is 5.10 Å². The Morgan fingerprint density at radius 1 is 1.20 bits per heavy atom. The standard InChI is InChI=1S/C20H22N4OS.C2H4O2/c1-24(13-15-12-18(23-22-15)19-8-5-11-26-19)20(25)17-10-9-16(21-17)14-6-3-2-4-7-14;1-2(3)4/h2-8,11-12,16-17,21H,9-10,13H2,1H3,(H,22,23);1H3,(H,3,4)/t16-,17-;/m1./s1. The van der Waals surface area contributed by atoms with Crippen LogP contribution in [0, 0.1) is 0 Å². The van der Waals surface area contributed by atoms with Crippen LogP contribution in [0.5, 0.6) is 0 Å². The third kappa shape index (κ3) is 5.77. The number of carboxylic acids is 1. The molecular weight excluding hydrogens is 400 g/mol. The average Bonchev–Trinajstić information content (AvgIpc) is 3.48. The number of nitrogens with zero attached hydrogens (tertiary/aromatic N) is 2. The van der Waals surface area contributed by atoms with Crippen molar-refractivity contribution in [3.8, 4) is 10.6 Å². The summed E-state index contributed by atoms with van der Waals surface area (Å²) < 4.78 is 0. The first-order valence-corrected chi connectivity index (χ1v) is 10.7. The maximum Gasteiger partial charge on any atom is 0.300 e. The number of carbonyl (C=O) groups excluding carboxylic acids is 1. The summed E-state index contributed by atoms with van der Waals surface area (Å²) in [5, 5.41) is 20.3. The maximum atomic E-state index is 12.8. The van der Waals surface area contributed by atoms with Gasteiger partial charge in [-0.1, -0.05) is 36.4 Å². The second-order valence-electron chi connectivity index (χ2n) is 7.23. The summed E-state index contributed by atoms with van der Waals surface area (Å²) in [5.74, 6) is -0.698. The second-order valence-corrected chi connectivity index (χ2v) is 8.18. The molecule has 1 amide bonds. The number of carboxylic acid groups (broad SMARTS) is 1. The molecule has 1 aliphatic rings. The number of H-pyrrole nitrogens is 1. The monoisotopic (exact) mass is 426 g/mol. The number of aromatic amines is 1. The third-order valence-electron chi connectivity index (χ3n) is 4.83. The largest absolute Gasteiger partial charge is 0.481 e. The van der Waals surface area contributed by atoms with Crippen molar-refractivity contribution in [2.45, 2.75) is 38.4 Å². The van der Waals surface area contributed by atoms with Gasteiger partial charge in [-0.15, -0.1) is 11.3 Å². The molecule has 7 nitrogen and oxygen atoms in total. The lowest BCUT2D eigenvalue weighted by atomic mass is 10.1. The number of thiophene rings is 1. The van der Waals surface area contributed by atoms with Crippen molar-refractivity contribution in [1.82, 2.24) is 20.4 Å². The van der Waals surface area contributed by atoms with Gasteiger partial charge in [0, 0.05) is 20.0 Å². The van der Waals surface area contributed by atoms with Gasteiger partial charge in [-0.25, -0.2) is 0 Å². The van der Waals surface area contributed by atoms with Crippen molar-refractivity contribution in [3.63, 3.8) is 0 Å². The molecule has 4 rings (SSSR count). The maximum absolute atomic E-state index is 12.8. The van der Waals surface area contributed by atoms with Crippen LogP contribution in [0.2, 0.25) is 0 Å². The number of aliphatic carboxylic acids is 1. The number of likely N-dealkylation sites (N-methyl/N-ethyl adjacent to an activating group) is 1. The fraction of sp³-hybridized carbons (Fsp3) is 0.318. The van der Waals surface area contributed by atoms with Crippen molar-refractivity contribution in [3.05, 3.63) is 65.2 Å². The SMILES string of the molecule is CC(=O)O.CN(Cc1cc(-c2cccs2)n[nH]1)C(=O)[C@H]1CC[C@H](c2ccccc2)N1. The number of carbonyl (C=O) groups is 2. The predicted octanol–water partition coefficient (Wildman–Crippen LogP) is 3.68. The molecule has 1 fully saturated rings. The lowest BCUT2D eigenvalue weighted by Crippen LogP contribution is -2.41. The molecule has 0 bridgehead atoms. The average molecular weight is 427 g/mol. The van der Waals surface area contributed by atoms with Crippen LogP contribution in [0.1, 0.15) is 37.1 Å². The van der Waals surface area contributed by atoms with E-state index in [-0.39, 0.29) is 18.0 Å². The van der Waals surface area contributed by atoms with Gasteiger partial charge in [-0.05, 0) is 35.9 Å². The van der Waals surface area contributed by atoms with Gasteiger partial charge < -0.3 is 10.0 Å². The molecule has 3 N–H and O–H groups in total. The van der Waals surface area contributed by atoms with Gasteiger partial charge in [0.1, 0.15) is 5.69 Å². The first-order valence-electron chi connectivity index (χ1n) is 9.77. The van der Waals surface area contributed by atoms with Crippen LogP contribution in [0.15, 0.2) is 53.9 Å². The summed E-state index contributed by atoms with van der Waals surface area (Å²) in [5.41, 5.74) is 3.13. The Hall–Kier alpha value is -2.97. The van der Waals surface area contributed by atoms with Gasteiger partial charge in [0.05, 0.1) is 23.2 Å². The van der Waals surface area contributed by atoms with E-state index in [4.69, 9.17) is 9.90 Å². The van der Waals surface area contributed by atoms with Crippen LogP contribution in [-0.4, -0.2) is 45.2 Å². The van der Waals surface area contributed by atoms with E-state index in [1.54, 1.807) is 16.2 Å². The molecule has 158 valence electrons. The molecule has 8 heteroatoms. The highest BCUT2D eigenvalue weighted by Gasteiger charge is 2.31. The Kier molecular flexibility index (Phi) is 7.37. The van der Waals surface area contributed by atoms with Crippen molar-refractivity contribution in [1.29, 1.82) is 0 Å². The highest BCUT2D eigenvalue weighted by atomic mass is 32.1. The molecule has 1 aromatic carbocycles. The fourth-order valence-corrected chi connectivity index (χ4v) is 4.16. The minimum Gasteiger partial charge on any atom is -0.481 e. The summed E-state index contributed by atoms with van der Waals surface area (Å²) >= 11 is 1.66. The zero-order valence-corrected chi connectivity index (χ0v) is 17.9. The highest BCUT2D eigenvalue weighted by molar-refractivity contribution is 7.13. The molecule has 1 saturated heterocycles. The Balaban J connectivity index is 0.000000589. The van der Waals surface area contributed by atoms with E-state index in [1.807, 2.05) is 48.8 Å². The van der Waals surface area contributed by atoms with Crippen LogP contribution in [0.25, 0.3) is 10.6 Å². The van der Waals surface area contributed by atoms with E-state index in [0.29, 0.717) is 6.54 Å². The molecule has 2 atom stereocenters. The van der Waals surface area contributed by atoms with Crippen LogP contribution in [-0.2, 0) is 16.1 Å². The van der Waals surface area contributed by atoms with E-state index in [9.17, 15) is 4.79 Å². The zero-order chi connectivity index (χ0) is 21.5. The normalized spacial score (nSPS) is 17.8. The first-order chi connectivity index (χ1) is 14.4. The number of hydrogen-bond donors (Lipinski definition) is 3. The van der Waals surface area contributed by atoms with Crippen LogP contribution in [0.4, 0.5) is 0 Å². The van der Waals surface area contributed by atoms with Crippen molar-refractivity contribution in [2.75, 3.05) is 7.05 Å². The topological polar surface area (TPSA) is 98.3 Å². The lowest BCUT2D eigenvalue weighted by molar-refractivity contribution is -0.134. The molecule has 0 radical (unpaired) electrons. The molecule has 30 heavy (non-hydrogen) atoms. The minimum absolute atomic E-state index is 0.120. The number of aromatic nitrogens is 2. The number of amides is 1. The van der Waals surface area contributed by atoms with Gasteiger partial charge >= 0.3 is 0 Å².